The molecule has 0 aliphatic heterocycles. The predicted octanol–water partition coefficient (Wildman–Crippen LogP) is 4.04. The lowest BCUT2D eigenvalue weighted by Crippen LogP contribution is -1.95. The monoisotopic (exact) mass is 301 g/mol. The van der Waals surface area contributed by atoms with Crippen LogP contribution in [-0.4, -0.2) is 4.92 Å². The first-order valence-corrected chi connectivity index (χ1v) is 7.37. The largest absolute Gasteiger partial charge is 0.397 e. The summed E-state index contributed by atoms with van der Waals surface area (Å²) in [6, 6.07) is 6.87. The Hall–Kier alpha value is -2.39. The van der Waals surface area contributed by atoms with Crippen LogP contribution in [0.3, 0.4) is 0 Å². The average molecular weight is 301 g/mol. The molecule has 0 fully saturated rings. The summed E-state index contributed by atoms with van der Waals surface area (Å²) in [5, 5.41) is 20.1. The summed E-state index contributed by atoms with van der Waals surface area (Å²) in [4.78, 5) is 11.9. The highest BCUT2D eigenvalue weighted by molar-refractivity contribution is 7.16. The number of thiophene rings is 1. The summed E-state index contributed by atoms with van der Waals surface area (Å²) >= 11 is 1.31. The van der Waals surface area contributed by atoms with E-state index in [0.717, 1.165) is 34.4 Å². The molecule has 5 nitrogen and oxygen atoms in total. The van der Waals surface area contributed by atoms with Gasteiger partial charge in [-0.1, -0.05) is 19.4 Å². The van der Waals surface area contributed by atoms with Crippen molar-refractivity contribution in [1.29, 1.82) is 5.26 Å². The fourth-order valence-corrected chi connectivity index (χ4v) is 3.39. The molecule has 0 unspecified atom stereocenters. The molecule has 0 spiro atoms. The maximum atomic E-state index is 11.0. The zero-order valence-corrected chi connectivity index (χ0v) is 12.7. The Morgan fingerprint density at radius 3 is 2.76 bits per heavy atom. The second-order valence-corrected chi connectivity index (χ2v) is 5.79. The van der Waals surface area contributed by atoms with E-state index in [2.05, 4.69) is 6.07 Å². The molecule has 2 rings (SSSR count). The van der Waals surface area contributed by atoms with E-state index in [1.165, 1.54) is 17.4 Å². The minimum Gasteiger partial charge on any atom is -0.397 e. The Labute approximate surface area is 126 Å². The minimum absolute atomic E-state index is 0.0449. The maximum Gasteiger partial charge on any atom is 0.270 e. The zero-order valence-electron chi connectivity index (χ0n) is 11.8. The van der Waals surface area contributed by atoms with Gasteiger partial charge in [-0.3, -0.25) is 10.1 Å². The number of rotatable bonds is 4. The van der Waals surface area contributed by atoms with Crippen LogP contribution in [0.5, 0.6) is 0 Å². The van der Waals surface area contributed by atoms with Crippen molar-refractivity contribution in [3.8, 4) is 16.5 Å². The Kier molecular flexibility index (Phi) is 4.24. The van der Waals surface area contributed by atoms with Crippen molar-refractivity contribution < 1.29 is 4.92 Å². The quantitative estimate of drug-likeness (QED) is 0.681. The van der Waals surface area contributed by atoms with E-state index in [1.54, 1.807) is 12.1 Å². The first-order valence-electron chi connectivity index (χ1n) is 6.56. The Morgan fingerprint density at radius 2 is 2.19 bits per heavy atom. The van der Waals surface area contributed by atoms with E-state index in [0.29, 0.717) is 10.6 Å². The Morgan fingerprint density at radius 1 is 1.48 bits per heavy atom. The molecule has 0 radical (unpaired) electrons. The lowest BCUT2D eigenvalue weighted by molar-refractivity contribution is -0.384. The number of nitrogens with two attached hydrogens (primary N) is 1. The number of nitrogen functional groups attached to an aromatic ring is 1. The van der Waals surface area contributed by atoms with Crippen LogP contribution in [0, 0.1) is 28.4 Å². The SMILES string of the molecule is CCCc1c(-c2cc([N+](=O)[O-])ccc2C)sc(C#N)c1N. The summed E-state index contributed by atoms with van der Waals surface area (Å²) in [6.07, 6.45) is 1.65. The molecule has 6 heteroatoms. The van der Waals surface area contributed by atoms with Gasteiger partial charge in [0.05, 0.1) is 10.6 Å². The third-order valence-electron chi connectivity index (χ3n) is 3.33. The van der Waals surface area contributed by atoms with Crippen molar-refractivity contribution in [2.75, 3.05) is 5.73 Å². The van der Waals surface area contributed by atoms with E-state index in [4.69, 9.17) is 11.0 Å². The van der Waals surface area contributed by atoms with Gasteiger partial charge in [0, 0.05) is 22.6 Å². The summed E-state index contributed by atoms with van der Waals surface area (Å²) in [5.74, 6) is 0. The minimum atomic E-state index is -0.412. The van der Waals surface area contributed by atoms with Gasteiger partial charge >= 0.3 is 0 Å². The number of nitro benzene ring substituents is 1. The van der Waals surface area contributed by atoms with Crippen LogP contribution >= 0.6 is 11.3 Å². The molecule has 2 aromatic rings. The summed E-state index contributed by atoms with van der Waals surface area (Å²) in [5.41, 5.74) is 9.23. The lowest BCUT2D eigenvalue weighted by atomic mass is 10.00. The molecule has 0 bridgehead atoms. The van der Waals surface area contributed by atoms with Gasteiger partial charge in [-0.15, -0.1) is 11.3 Å². The Balaban J connectivity index is 2.69. The van der Waals surface area contributed by atoms with Gasteiger partial charge in [-0.25, -0.2) is 0 Å². The van der Waals surface area contributed by atoms with Crippen LogP contribution in [0.4, 0.5) is 11.4 Å². The number of benzene rings is 1. The van der Waals surface area contributed by atoms with Crippen molar-refractivity contribution in [1.82, 2.24) is 0 Å². The molecule has 0 saturated heterocycles. The van der Waals surface area contributed by atoms with E-state index >= 15 is 0 Å². The van der Waals surface area contributed by atoms with Gasteiger partial charge < -0.3 is 5.73 Å². The van der Waals surface area contributed by atoms with E-state index in [-0.39, 0.29) is 5.69 Å². The van der Waals surface area contributed by atoms with Crippen LogP contribution in [0.2, 0.25) is 0 Å². The summed E-state index contributed by atoms with van der Waals surface area (Å²) in [7, 11) is 0. The van der Waals surface area contributed by atoms with Gasteiger partial charge in [0.2, 0.25) is 0 Å². The highest BCUT2D eigenvalue weighted by Crippen LogP contribution is 2.41. The molecule has 0 saturated carbocycles. The van der Waals surface area contributed by atoms with Crippen LogP contribution in [0.15, 0.2) is 18.2 Å². The lowest BCUT2D eigenvalue weighted by Gasteiger charge is -2.07. The van der Waals surface area contributed by atoms with Gasteiger partial charge in [0.25, 0.3) is 5.69 Å². The highest BCUT2D eigenvalue weighted by Gasteiger charge is 2.19. The number of nitro groups is 1. The van der Waals surface area contributed by atoms with Crippen molar-refractivity contribution in [3.05, 3.63) is 44.3 Å². The third kappa shape index (κ3) is 2.73. The molecule has 1 aromatic heterocycles. The number of nitriles is 1. The van der Waals surface area contributed by atoms with E-state index < -0.39 is 4.92 Å². The van der Waals surface area contributed by atoms with Crippen molar-refractivity contribution in [2.45, 2.75) is 26.7 Å². The number of nitrogens with zero attached hydrogens (tertiary/aromatic N) is 2. The molecular formula is C15H15N3O2S. The highest BCUT2D eigenvalue weighted by atomic mass is 32.1. The molecule has 21 heavy (non-hydrogen) atoms. The van der Waals surface area contributed by atoms with Gasteiger partial charge in [0.1, 0.15) is 10.9 Å². The maximum absolute atomic E-state index is 11.0. The predicted molar refractivity (Wildman–Crippen MR) is 84.3 cm³/mol. The van der Waals surface area contributed by atoms with E-state index in [9.17, 15) is 10.1 Å². The molecule has 0 aliphatic rings. The van der Waals surface area contributed by atoms with Gasteiger partial charge in [-0.05, 0) is 24.5 Å². The fourth-order valence-electron chi connectivity index (χ4n) is 2.24. The topological polar surface area (TPSA) is 93.0 Å². The van der Waals surface area contributed by atoms with Crippen LogP contribution in [0.25, 0.3) is 10.4 Å². The number of anilines is 1. The van der Waals surface area contributed by atoms with Gasteiger partial charge in [-0.2, -0.15) is 5.26 Å². The number of aryl methyl sites for hydroxylation is 1. The Bertz CT molecular complexity index is 744. The smallest absolute Gasteiger partial charge is 0.270 e. The standard InChI is InChI=1S/C15H15N3O2S/c1-3-4-11-14(17)13(8-16)21-15(11)12-7-10(18(19)20)6-5-9(12)2/h5-7H,3-4,17H2,1-2H3. The molecule has 2 N–H and O–H groups in total. The second-order valence-electron chi connectivity index (χ2n) is 4.77. The van der Waals surface area contributed by atoms with Crippen LogP contribution < -0.4 is 5.73 Å². The molecule has 0 atom stereocenters. The molecular weight excluding hydrogens is 286 g/mol. The molecule has 0 amide bonds. The number of hydrogen-bond donors (Lipinski definition) is 1. The zero-order chi connectivity index (χ0) is 15.6. The molecule has 1 aromatic carbocycles. The average Bonchev–Trinajstić information content (AvgIpc) is 2.76. The van der Waals surface area contributed by atoms with Crippen molar-refractivity contribution >= 4 is 22.7 Å². The summed E-state index contributed by atoms with van der Waals surface area (Å²) in [6.45, 7) is 3.93. The third-order valence-corrected chi connectivity index (χ3v) is 4.51. The first-order chi connectivity index (χ1) is 9.99. The molecule has 108 valence electrons. The van der Waals surface area contributed by atoms with Crippen molar-refractivity contribution in [2.24, 2.45) is 0 Å². The van der Waals surface area contributed by atoms with E-state index in [1.807, 2.05) is 13.8 Å². The van der Waals surface area contributed by atoms with Crippen molar-refractivity contribution in [3.63, 3.8) is 0 Å². The number of non-ortho nitro benzene ring substituents is 1. The fraction of sp³-hybridized carbons (Fsp3) is 0.267. The molecule has 0 aliphatic carbocycles. The van der Waals surface area contributed by atoms with Crippen LogP contribution in [0.1, 0.15) is 29.3 Å². The van der Waals surface area contributed by atoms with Crippen LogP contribution in [-0.2, 0) is 6.42 Å². The summed E-state index contributed by atoms with van der Waals surface area (Å²) < 4.78 is 0. The second kappa shape index (κ2) is 5.94. The molecule has 1 heterocycles. The number of hydrogen-bond acceptors (Lipinski definition) is 5. The van der Waals surface area contributed by atoms with Gasteiger partial charge in [0.15, 0.2) is 0 Å². The first kappa shape index (κ1) is 15.0. The normalized spacial score (nSPS) is 10.3.